The summed E-state index contributed by atoms with van der Waals surface area (Å²) in [4.78, 5) is 15.2. The Hall–Kier alpha value is -3.71. The van der Waals surface area contributed by atoms with Crippen LogP contribution in [0.15, 0.2) is 66.9 Å². The monoisotopic (exact) mass is 337 g/mol. The first-order valence-corrected chi connectivity index (χ1v) is 8.22. The number of rotatable bonds is 2. The average molecular weight is 337 g/mol. The van der Waals surface area contributed by atoms with Crippen molar-refractivity contribution in [1.29, 1.82) is 0 Å². The molecule has 0 amide bonds. The number of aryl methyl sites for hydroxylation is 1. The predicted molar refractivity (Wildman–Crippen MR) is 101 cm³/mol. The van der Waals surface area contributed by atoms with Gasteiger partial charge in [0.25, 0.3) is 0 Å². The van der Waals surface area contributed by atoms with E-state index >= 15 is 0 Å². The first kappa shape index (κ1) is 15.8. The van der Waals surface area contributed by atoms with Crippen molar-refractivity contribution in [3.63, 3.8) is 0 Å². The number of carbonyl (C=O) groups is 1. The second-order valence-electron chi connectivity index (χ2n) is 5.99. The van der Waals surface area contributed by atoms with E-state index in [0.717, 1.165) is 34.4 Å². The Labute approximate surface area is 151 Å². The zero-order chi connectivity index (χ0) is 17.9. The number of fused-ring (bicyclic) bond motifs is 1. The summed E-state index contributed by atoms with van der Waals surface area (Å²) in [5.74, 6) is 6.31. The first-order chi connectivity index (χ1) is 12.7. The van der Waals surface area contributed by atoms with Crippen LogP contribution in [-0.4, -0.2) is 20.9 Å². The van der Waals surface area contributed by atoms with Crippen LogP contribution in [0.2, 0.25) is 0 Å². The molecule has 0 spiro atoms. The third-order valence-electron chi connectivity index (χ3n) is 4.06. The molecule has 0 aliphatic heterocycles. The van der Waals surface area contributed by atoms with Crippen LogP contribution in [0, 0.1) is 18.8 Å². The van der Waals surface area contributed by atoms with E-state index in [1.54, 1.807) is 22.8 Å². The Morgan fingerprint density at radius 1 is 1.00 bits per heavy atom. The largest absolute Gasteiger partial charge is 0.298 e. The molecule has 26 heavy (non-hydrogen) atoms. The highest BCUT2D eigenvalue weighted by Gasteiger charge is 2.06. The molecule has 0 atom stereocenters. The summed E-state index contributed by atoms with van der Waals surface area (Å²) in [5.41, 5.74) is 5.98. The second-order valence-corrected chi connectivity index (χ2v) is 5.99. The van der Waals surface area contributed by atoms with Crippen LogP contribution in [0.5, 0.6) is 0 Å². The summed E-state index contributed by atoms with van der Waals surface area (Å²) in [6, 6.07) is 19.2. The first-order valence-electron chi connectivity index (χ1n) is 8.22. The standard InChI is InChI=1S/C22H15N3O/c1-16-3-2-4-17(13-16)7-10-20-14-23-22-12-11-21(24-25(20)22)19-8-5-18(15-26)6-9-19/h2-6,8-9,11-15H,1H3. The molecule has 4 rings (SSSR count). The molecule has 4 aromatic rings. The van der Waals surface area contributed by atoms with Crippen LogP contribution >= 0.6 is 0 Å². The lowest BCUT2D eigenvalue weighted by molar-refractivity contribution is 0.112. The molecule has 0 saturated carbocycles. The lowest BCUT2D eigenvalue weighted by atomic mass is 10.1. The number of aldehydes is 1. The van der Waals surface area contributed by atoms with E-state index in [4.69, 9.17) is 0 Å². The van der Waals surface area contributed by atoms with Crippen molar-refractivity contribution in [1.82, 2.24) is 14.6 Å². The molecule has 2 aromatic carbocycles. The highest BCUT2D eigenvalue weighted by molar-refractivity contribution is 5.76. The Balaban J connectivity index is 1.74. The molecule has 0 unspecified atom stereocenters. The summed E-state index contributed by atoms with van der Waals surface area (Å²) in [5, 5.41) is 4.65. The van der Waals surface area contributed by atoms with Gasteiger partial charge >= 0.3 is 0 Å². The fraction of sp³-hybridized carbons (Fsp3) is 0.0455. The van der Waals surface area contributed by atoms with E-state index in [0.29, 0.717) is 5.56 Å². The number of hydrogen-bond acceptors (Lipinski definition) is 3. The maximum absolute atomic E-state index is 10.8. The molecule has 0 bridgehead atoms. The molecule has 0 fully saturated rings. The number of carbonyl (C=O) groups excluding carboxylic acids is 1. The van der Waals surface area contributed by atoms with Gasteiger partial charge in [-0.25, -0.2) is 9.50 Å². The molecule has 0 N–H and O–H groups in total. The Morgan fingerprint density at radius 2 is 1.85 bits per heavy atom. The van der Waals surface area contributed by atoms with Gasteiger partial charge in [-0.3, -0.25) is 4.79 Å². The predicted octanol–water partition coefficient (Wildman–Crippen LogP) is 3.92. The lowest BCUT2D eigenvalue weighted by Gasteiger charge is -2.02. The quantitative estimate of drug-likeness (QED) is 0.411. The topological polar surface area (TPSA) is 47.3 Å². The highest BCUT2D eigenvalue weighted by Crippen LogP contribution is 2.18. The van der Waals surface area contributed by atoms with Gasteiger partial charge < -0.3 is 0 Å². The van der Waals surface area contributed by atoms with Crippen molar-refractivity contribution in [2.45, 2.75) is 6.92 Å². The third kappa shape index (κ3) is 3.11. The van der Waals surface area contributed by atoms with Crippen molar-refractivity contribution in [3.8, 4) is 23.1 Å². The van der Waals surface area contributed by atoms with Gasteiger partial charge in [-0.15, -0.1) is 0 Å². The summed E-state index contributed by atoms with van der Waals surface area (Å²) in [6.07, 6.45) is 2.56. The van der Waals surface area contributed by atoms with Crippen LogP contribution < -0.4 is 0 Å². The SMILES string of the molecule is Cc1cccc(C#Cc2cnc3ccc(-c4ccc(C=O)cc4)nn23)c1. The van der Waals surface area contributed by atoms with Crippen LogP contribution in [0.4, 0.5) is 0 Å². The van der Waals surface area contributed by atoms with E-state index in [-0.39, 0.29) is 0 Å². The molecular weight excluding hydrogens is 322 g/mol. The summed E-state index contributed by atoms with van der Waals surface area (Å²) in [6.45, 7) is 2.04. The molecule has 0 saturated heterocycles. The van der Waals surface area contributed by atoms with E-state index in [1.807, 2.05) is 55.5 Å². The van der Waals surface area contributed by atoms with Crippen molar-refractivity contribution in [2.75, 3.05) is 0 Å². The van der Waals surface area contributed by atoms with Gasteiger partial charge in [0.05, 0.1) is 11.9 Å². The maximum Gasteiger partial charge on any atom is 0.154 e. The van der Waals surface area contributed by atoms with Crippen molar-refractivity contribution >= 4 is 11.9 Å². The number of hydrogen-bond donors (Lipinski definition) is 0. The molecule has 2 aromatic heterocycles. The molecule has 0 aliphatic carbocycles. The van der Waals surface area contributed by atoms with Gasteiger partial charge in [0, 0.05) is 16.7 Å². The Morgan fingerprint density at radius 3 is 2.62 bits per heavy atom. The molecule has 4 nitrogen and oxygen atoms in total. The minimum Gasteiger partial charge on any atom is -0.298 e. The highest BCUT2D eigenvalue weighted by atomic mass is 16.1. The lowest BCUT2D eigenvalue weighted by Crippen LogP contribution is -1.97. The van der Waals surface area contributed by atoms with Gasteiger partial charge in [-0.05, 0) is 42.7 Å². The van der Waals surface area contributed by atoms with E-state index in [9.17, 15) is 4.79 Å². The third-order valence-corrected chi connectivity index (χ3v) is 4.06. The molecule has 2 heterocycles. The fourth-order valence-corrected chi connectivity index (χ4v) is 2.70. The van der Waals surface area contributed by atoms with E-state index in [1.165, 1.54) is 5.56 Å². The number of imidazole rings is 1. The maximum atomic E-state index is 10.8. The number of aromatic nitrogens is 3. The van der Waals surface area contributed by atoms with Crippen LogP contribution in [0.25, 0.3) is 16.9 Å². The summed E-state index contributed by atoms with van der Waals surface area (Å²) in [7, 11) is 0. The smallest absolute Gasteiger partial charge is 0.154 e. The molecule has 124 valence electrons. The van der Waals surface area contributed by atoms with Gasteiger partial charge in [0.2, 0.25) is 0 Å². The van der Waals surface area contributed by atoms with Crippen LogP contribution in [-0.2, 0) is 0 Å². The van der Waals surface area contributed by atoms with Gasteiger partial charge in [0.1, 0.15) is 12.0 Å². The van der Waals surface area contributed by atoms with Crippen molar-refractivity contribution in [3.05, 3.63) is 89.2 Å². The van der Waals surface area contributed by atoms with Gasteiger partial charge in [0.15, 0.2) is 5.65 Å². The normalized spacial score (nSPS) is 10.3. The van der Waals surface area contributed by atoms with Crippen LogP contribution in [0.1, 0.15) is 27.2 Å². The van der Waals surface area contributed by atoms with Gasteiger partial charge in [-0.1, -0.05) is 42.3 Å². The number of benzene rings is 2. The summed E-state index contributed by atoms with van der Waals surface area (Å²) >= 11 is 0. The minimum atomic E-state index is 0.641. The van der Waals surface area contributed by atoms with E-state index in [2.05, 4.69) is 21.9 Å². The van der Waals surface area contributed by atoms with Crippen molar-refractivity contribution < 1.29 is 4.79 Å². The van der Waals surface area contributed by atoms with E-state index < -0.39 is 0 Å². The zero-order valence-electron chi connectivity index (χ0n) is 14.2. The fourth-order valence-electron chi connectivity index (χ4n) is 2.70. The molecular formula is C22H15N3O. The molecule has 4 heteroatoms. The van der Waals surface area contributed by atoms with Crippen molar-refractivity contribution in [2.24, 2.45) is 0 Å². The molecule has 0 radical (unpaired) electrons. The van der Waals surface area contributed by atoms with Crippen LogP contribution in [0.3, 0.4) is 0 Å². The number of nitrogens with zero attached hydrogens (tertiary/aromatic N) is 3. The second kappa shape index (κ2) is 6.66. The summed E-state index contributed by atoms with van der Waals surface area (Å²) < 4.78 is 1.74. The molecule has 0 aliphatic rings. The Bertz CT molecular complexity index is 1160. The minimum absolute atomic E-state index is 0.641. The zero-order valence-corrected chi connectivity index (χ0v) is 14.2. The average Bonchev–Trinajstić information content (AvgIpc) is 3.09. The Kier molecular flexibility index (Phi) is 4.04. The van der Waals surface area contributed by atoms with Gasteiger partial charge in [-0.2, -0.15) is 5.10 Å².